The standard InChI is InChI=1S/C30H36N2O5S2/c1-35-27-13-12-23(18-28(27)36-2)14-15-31(20-26-11-7-17-38-26)29(33)21-32(19-24-8-6-16-37-24)30(34)22-39-25-9-4-3-5-10-25/h3-5,7,9-13,17-18,24H,6,8,14-16,19-22H2,1-2H3. The predicted octanol–water partition coefficient (Wildman–Crippen LogP) is 5.14. The number of methoxy groups -OCH3 is 2. The minimum atomic E-state index is -0.0695. The van der Waals surface area contributed by atoms with Crippen molar-refractivity contribution in [3.05, 3.63) is 76.5 Å². The first-order valence-electron chi connectivity index (χ1n) is 13.1. The zero-order valence-corrected chi connectivity index (χ0v) is 24.2. The second-order valence-electron chi connectivity index (χ2n) is 9.35. The Hall–Kier alpha value is -3.01. The van der Waals surface area contributed by atoms with E-state index in [1.54, 1.807) is 30.5 Å². The number of thioether (sulfide) groups is 1. The van der Waals surface area contributed by atoms with E-state index in [1.165, 1.54) is 11.8 Å². The van der Waals surface area contributed by atoms with Gasteiger partial charge < -0.3 is 24.0 Å². The molecule has 0 aliphatic carbocycles. The maximum absolute atomic E-state index is 13.7. The first kappa shape index (κ1) is 29.0. The van der Waals surface area contributed by atoms with Crippen LogP contribution in [0, 0.1) is 0 Å². The van der Waals surface area contributed by atoms with Crippen molar-refractivity contribution < 1.29 is 23.8 Å². The molecule has 1 saturated heterocycles. The van der Waals surface area contributed by atoms with E-state index in [0.717, 1.165) is 28.2 Å². The molecule has 2 amide bonds. The SMILES string of the molecule is COc1ccc(CCN(Cc2cccs2)C(=O)CN(CC2CCCO2)C(=O)CSc2ccccc2)cc1OC. The second kappa shape index (κ2) is 15.0. The molecule has 4 rings (SSSR count). The molecule has 2 aromatic carbocycles. The van der Waals surface area contributed by atoms with E-state index < -0.39 is 0 Å². The van der Waals surface area contributed by atoms with Gasteiger partial charge in [0.2, 0.25) is 11.8 Å². The Morgan fingerprint density at radius 3 is 2.51 bits per heavy atom. The fraction of sp³-hybridized carbons (Fsp3) is 0.400. The maximum atomic E-state index is 13.7. The summed E-state index contributed by atoms with van der Waals surface area (Å²) in [6.45, 7) is 2.19. The summed E-state index contributed by atoms with van der Waals surface area (Å²) in [7, 11) is 3.23. The van der Waals surface area contributed by atoms with Crippen molar-refractivity contribution in [3.8, 4) is 11.5 Å². The summed E-state index contributed by atoms with van der Waals surface area (Å²) in [6.07, 6.45) is 2.51. The van der Waals surface area contributed by atoms with E-state index in [-0.39, 0.29) is 30.2 Å². The summed E-state index contributed by atoms with van der Waals surface area (Å²) in [5, 5.41) is 2.01. The lowest BCUT2D eigenvalue weighted by atomic mass is 10.1. The van der Waals surface area contributed by atoms with E-state index in [9.17, 15) is 9.59 Å². The van der Waals surface area contributed by atoms with Gasteiger partial charge in [0, 0.05) is 29.5 Å². The molecule has 1 aliphatic rings. The van der Waals surface area contributed by atoms with Gasteiger partial charge in [0.05, 0.1) is 39.2 Å². The molecular weight excluding hydrogens is 532 g/mol. The normalized spacial score (nSPS) is 14.7. The van der Waals surface area contributed by atoms with Gasteiger partial charge in [0.15, 0.2) is 11.5 Å². The Labute approximate surface area is 239 Å². The van der Waals surface area contributed by atoms with Crippen LogP contribution in [0.2, 0.25) is 0 Å². The fourth-order valence-corrected chi connectivity index (χ4v) is 6.03. The fourth-order valence-electron chi connectivity index (χ4n) is 4.49. The van der Waals surface area contributed by atoms with Crippen molar-refractivity contribution in [1.29, 1.82) is 0 Å². The number of hydrogen-bond acceptors (Lipinski definition) is 7. The third kappa shape index (κ3) is 8.74. The number of carbonyl (C=O) groups is 2. The van der Waals surface area contributed by atoms with Crippen molar-refractivity contribution in [3.63, 3.8) is 0 Å². The van der Waals surface area contributed by atoms with E-state index >= 15 is 0 Å². The van der Waals surface area contributed by atoms with Crippen molar-refractivity contribution in [2.24, 2.45) is 0 Å². The van der Waals surface area contributed by atoms with Gasteiger partial charge in [-0.15, -0.1) is 23.1 Å². The Morgan fingerprint density at radius 1 is 1.00 bits per heavy atom. The van der Waals surface area contributed by atoms with Gasteiger partial charge in [-0.2, -0.15) is 0 Å². The van der Waals surface area contributed by atoms with Crippen LogP contribution in [0.3, 0.4) is 0 Å². The molecule has 0 saturated carbocycles. The van der Waals surface area contributed by atoms with Crippen LogP contribution in [0.1, 0.15) is 23.3 Å². The average molecular weight is 569 g/mol. The van der Waals surface area contributed by atoms with Gasteiger partial charge in [0.25, 0.3) is 0 Å². The summed E-state index contributed by atoms with van der Waals surface area (Å²) in [5.74, 6) is 1.49. The Balaban J connectivity index is 1.45. The molecule has 39 heavy (non-hydrogen) atoms. The lowest BCUT2D eigenvalue weighted by Crippen LogP contribution is -2.46. The molecule has 2 heterocycles. The van der Waals surface area contributed by atoms with Crippen LogP contribution in [0.4, 0.5) is 0 Å². The first-order chi connectivity index (χ1) is 19.1. The lowest BCUT2D eigenvalue weighted by Gasteiger charge is -2.29. The third-order valence-corrected chi connectivity index (χ3v) is 8.49. The summed E-state index contributed by atoms with van der Waals surface area (Å²) < 4.78 is 16.6. The minimum absolute atomic E-state index is 0.0269. The predicted molar refractivity (Wildman–Crippen MR) is 156 cm³/mol. The highest BCUT2D eigenvalue weighted by Crippen LogP contribution is 2.28. The number of ether oxygens (including phenoxy) is 3. The minimum Gasteiger partial charge on any atom is -0.493 e. The molecule has 0 bridgehead atoms. The first-order valence-corrected chi connectivity index (χ1v) is 15.0. The number of thiophene rings is 1. The average Bonchev–Trinajstić information content (AvgIpc) is 3.68. The van der Waals surface area contributed by atoms with Gasteiger partial charge in [0.1, 0.15) is 0 Å². The Morgan fingerprint density at radius 2 is 1.82 bits per heavy atom. The van der Waals surface area contributed by atoms with E-state index in [1.807, 2.05) is 70.9 Å². The molecule has 1 fully saturated rings. The number of hydrogen-bond donors (Lipinski definition) is 0. The molecule has 1 aromatic heterocycles. The second-order valence-corrected chi connectivity index (χ2v) is 11.4. The number of nitrogens with zero attached hydrogens (tertiary/aromatic N) is 2. The molecule has 3 aromatic rings. The van der Waals surface area contributed by atoms with E-state index in [4.69, 9.17) is 14.2 Å². The number of rotatable bonds is 14. The summed E-state index contributed by atoms with van der Waals surface area (Å²) in [6, 6.07) is 19.7. The molecule has 1 aliphatic heterocycles. The molecule has 0 radical (unpaired) electrons. The maximum Gasteiger partial charge on any atom is 0.242 e. The number of benzene rings is 2. The van der Waals surface area contributed by atoms with Gasteiger partial charge in [-0.3, -0.25) is 9.59 Å². The molecule has 9 heteroatoms. The highest BCUT2D eigenvalue weighted by atomic mass is 32.2. The zero-order valence-electron chi connectivity index (χ0n) is 22.5. The largest absolute Gasteiger partial charge is 0.493 e. The summed E-state index contributed by atoms with van der Waals surface area (Å²) >= 11 is 3.11. The molecule has 1 atom stereocenters. The molecule has 0 N–H and O–H groups in total. The number of carbonyl (C=O) groups excluding carboxylic acids is 2. The Bertz CT molecular complexity index is 1180. The van der Waals surface area contributed by atoms with Crippen molar-refractivity contribution >= 4 is 34.9 Å². The van der Waals surface area contributed by atoms with Crippen LogP contribution in [-0.4, -0.2) is 73.9 Å². The molecule has 208 valence electrons. The van der Waals surface area contributed by atoms with Gasteiger partial charge in [-0.05, 0) is 60.5 Å². The highest BCUT2D eigenvalue weighted by molar-refractivity contribution is 8.00. The zero-order chi connectivity index (χ0) is 27.5. The number of amides is 2. The van der Waals surface area contributed by atoms with E-state index in [2.05, 4.69) is 0 Å². The lowest BCUT2D eigenvalue weighted by molar-refractivity contribution is -0.140. The van der Waals surface area contributed by atoms with Gasteiger partial charge in [-0.25, -0.2) is 0 Å². The highest BCUT2D eigenvalue weighted by Gasteiger charge is 2.26. The van der Waals surface area contributed by atoms with Crippen LogP contribution in [0.5, 0.6) is 11.5 Å². The quantitative estimate of drug-likeness (QED) is 0.251. The smallest absolute Gasteiger partial charge is 0.242 e. The van der Waals surface area contributed by atoms with Crippen molar-refractivity contribution in [2.45, 2.75) is 36.8 Å². The molecular formula is C30H36N2O5S2. The molecule has 1 unspecified atom stereocenters. The summed E-state index contributed by atoms with van der Waals surface area (Å²) in [5.41, 5.74) is 1.04. The van der Waals surface area contributed by atoms with Crippen LogP contribution in [0.25, 0.3) is 0 Å². The van der Waals surface area contributed by atoms with Crippen LogP contribution in [0.15, 0.2) is 70.9 Å². The van der Waals surface area contributed by atoms with Gasteiger partial charge in [-0.1, -0.05) is 30.3 Å². The van der Waals surface area contributed by atoms with Gasteiger partial charge >= 0.3 is 0 Å². The Kier molecular flexibility index (Phi) is 11.1. The topological polar surface area (TPSA) is 68.3 Å². The summed E-state index contributed by atoms with van der Waals surface area (Å²) in [4.78, 5) is 32.7. The van der Waals surface area contributed by atoms with Crippen molar-refractivity contribution in [1.82, 2.24) is 9.80 Å². The molecule has 7 nitrogen and oxygen atoms in total. The van der Waals surface area contributed by atoms with Crippen molar-refractivity contribution in [2.75, 3.05) is 46.2 Å². The monoisotopic (exact) mass is 568 g/mol. The van der Waals surface area contributed by atoms with Crippen LogP contribution in [-0.2, 0) is 27.3 Å². The third-order valence-electron chi connectivity index (χ3n) is 6.63. The van der Waals surface area contributed by atoms with Crippen LogP contribution >= 0.6 is 23.1 Å². The van der Waals surface area contributed by atoms with E-state index in [0.29, 0.717) is 44.2 Å². The molecule has 0 spiro atoms. The van der Waals surface area contributed by atoms with Crippen LogP contribution < -0.4 is 9.47 Å².